The van der Waals surface area contributed by atoms with Crippen molar-refractivity contribution in [1.82, 2.24) is 4.98 Å². The zero-order chi connectivity index (χ0) is 18.5. The van der Waals surface area contributed by atoms with E-state index in [2.05, 4.69) is 4.98 Å². The molecule has 7 heteroatoms. The molecule has 0 aliphatic carbocycles. The van der Waals surface area contributed by atoms with Gasteiger partial charge in [0.05, 0.1) is 16.8 Å². The summed E-state index contributed by atoms with van der Waals surface area (Å²) in [5.74, 6) is -1.48. The molecular weight excluding hydrogens is 357 g/mol. The summed E-state index contributed by atoms with van der Waals surface area (Å²) < 4.78 is 24.3. The molecular formula is C19H16FNO4S. The van der Waals surface area contributed by atoms with Gasteiger partial charge in [0, 0.05) is 5.56 Å². The number of Topliss-reactive ketones (excluding diaryl/α,β-unsaturated/α-hetero) is 1. The molecule has 2 aromatic carbocycles. The molecule has 0 spiro atoms. The average Bonchev–Trinajstić information content (AvgIpc) is 3.04. The van der Waals surface area contributed by atoms with Crippen molar-refractivity contribution in [2.24, 2.45) is 0 Å². The van der Waals surface area contributed by atoms with Gasteiger partial charge in [-0.3, -0.25) is 4.79 Å². The maximum absolute atomic E-state index is 12.9. The molecule has 0 saturated heterocycles. The molecule has 0 amide bonds. The lowest BCUT2D eigenvalue weighted by Crippen LogP contribution is -2.26. The van der Waals surface area contributed by atoms with Crippen LogP contribution in [0, 0.1) is 5.82 Å². The third-order valence-corrected chi connectivity index (χ3v) is 4.60. The lowest BCUT2D eigenvalue weighted by molar-refractivity contribution is -0.152. The summed E-state index contributed by atoms with van der Waals surface area (Å²) in [6, 6.07) is 12.8. The van der Waals surface area contributed by atoms with E-state index in [0.717, 1.165) is 15.2 Å². The molecule has 1 heterocycles. The van der Waals surface area contributed by atoms with Gasteiger partial charge in [0.2, 0.25) is 5.78 Å². The number of carbonyl (C=O) groups is 2. The van der Waals surface area contributed by atoms with E-state index in [1.165, 1.54) is 42.5 Å². The second-order valence-electron chi connectivity index (χ2n) is 5.57. The van der Waals surface area contributed by atoms with Gasteiger partial charge in [0.15, 0.2) is 6.10 Å². The minimum Gasteiger partial charge on any atom is -0.453 e. The number of nitrogens with zero attached hydrogens (tertiary/aromatic N) is 1. The van der Waals surface area contributed by atoms with Gasteiger partial charge in [0.1, 0.15) is 17.4 Å². The maximum atomic E-state index is 12.9. The fourth-order valence-electron chi connectivity index (χ4n) is 2.34. The Kier molecular flexibility index (Phi) is 5.70. The smallest absolute Gasteiger partial charge is 0.332 e. The van der Waals surface area contributed by atoms with Gasteiger partial charge < -0.3 is 9.47 Å². The largest absolute Gasteiger partial charge is 0.453 e. The summed E-state index contributed by atoms with van der Waals surface area (Å²) in [4.78, 5) is 28.4. The molecule has 1 atom stereocenters. The Hall–Kier alpha value is -2.64. The van der Waals surface area contributed by atoms with Gasteiger partial charge in [-0.2, -0.15) is 0 Å². The number of fused-ring (bicyclic) bond motifs is 1. The summed E-state index contributed by atoms with van der Waals surface area (Å²) in [6.07, 6.45) is -0.973. The molecule has 26 heavy (non-hydrogen) atoms. The van der Waals surface area contributed by atoms with Crippen molar-refractivity contribution in [3.63, 3.8) is 0 Å². The van der Waals surface area contributed by atoms with Crippen LogP contribution >= 0.6 is 11.3 Å². The summed E-state index contributed by atoms with van der Waals surface area (Å²) in [7, 11) is 0. The van der Waals surface area contributed by atoms with Crippen LogP contribution in [0.2, 0.25) is 0 Å². The van der Waals surface area contributed by atoms with Gasteiger partial charge >= 0.3 is 5.97 Å². The second-order valence-corrected chi connectivity index (χ2v) is 6.69. The van der Waals surface area contributed by atoms with Gasteiger partial charge in [-0.15, -0.1) is 11.3 Å². The number of para-hydroxylation sites is 1. The second kappa shape index (κ2) is 8.16. The topological polar surface area (TPSA) is 65.5 Å². The third-order valence-electron chi connectivity index (χ3n) is 3.59. The molecule has 0 saturated carbocycles. The monoisotopic (exact) mass is 373 g/mol. The van der Waals surface area contributed by atoms with E-state index in [-0.39, 0.29) is 18.8 Å². The van der Waals surface area contributed by atoms with Gasteiger partial charge in [-0.05, 0) is 43.3 Å². The van der Waals surface area contributed by atoms with Crippen LogP contribution < -0.4 is 0 Å². The lowest BCUT2D eigenvalue weighted by Gasteiger charge is -2.12. The lowest BCUT2D eigenvalue weighted by atomic mass is 10.1. The molecule has 0 radical (unpaired) electrons. The first-order valence-electron chi connectivity index (χ1n) is 7.94. The van der Waals surface area contributed by atoms with Crippen molar-refractivity contribution in [3.8, 4) is 0 Å². The van der Waals surface area contributed by atoms with Crippen LogP contribution in [-0.2, 0) is 20.9 Å². The number of hydrogen-bond acceptors (Lipinski definition) is 6. The van der Waals surface area contributed by atoms with E-state index in [9.17, 15) is 14.0 Å². The Balaban J connectivity index is 1.47. The van der Waals surface area contributed by atoms with Gasteiger partial charge in [0.25, 0.3) is 0 Å². The zero-order valence-electron chi connectivity index (χ0n) is 14.0. The Bertz CT molecular complexity index is 890. The normalized spacial score (nSPS) is 12.1. The Morgan fingerprint density at radius 1 is 1.15 bits per heavy atom. The Morgan fingerprint density at radius 3 is 2.62 bits per heavy atom. The number of rotatable bonds is 7. The molecule has 0 aliphatic heterocycles. The minimum atomic E-state index is -0.973. The Labute approximate surface area is 153 Å². The molecule has 0 fully saturated rings. The maximum Gasteiger partial charge on any atom is 0.332 e. The molecule has 0 N–H and O–H groups in total. The molecule has 0 unspecified atom stereocenters. The number of esters is 1. The Morgan fingerprint density at radius 2 is 1.88 bits per heavy atom. The van der Waals surface area contributed by atoms with E-state index in [0.29, 0.717) is 0 Å². The van der Waals surface area contributed by atoms with E-state index in [4.69, 9.17) is 9.47 Å². The number of ether oxygens (including phenoxy) is 2. The van der Waals surface area contributed by atoms with Gasteiger partial charge in [-0.1, -0.05) is 12.1 Å². The van der Waals surface area contributed by atoms with Crippen LogP contribution in [0.25, 0.3) is 10.2 Å². The SMILES string of the molecule is C[C@@H](OC(=O)COCc1nc2ccccc2s1)C(=O)c1ccc(F)cc1. The summed E-state index contributed by atoms with van der Waals surface area (Å²) >= 11 is 1.49. The number of hydrogen-bond donors (Lipinski definition) is 0. The standard InChI is InChI=1S/C19H16FNO4S/c1-12(19(23)13-6-8-14(20)9-7-13)25-18(22)11-24-10-17-21-15-4-2-3-5-16(15)26-17/h2-9,12H,10-11H2,1H3/t12-/m1/s1. The van der Waals surface area contributed by atoms with Crippen molar-refractivity contribution in [2.75, 3.05) is 6.61 Å². The number of carbonyl (C=O) groups excluding carboxylic acids is 2. The zero-order valence-corrected chi connectivity index (χ0v) is 14.8. The molecule has 3 aromatic rings. The summed E-state index contributed by atoms with van der Waals surface area (Å²) in [6.45, 7) is 1.38. The predicted molar refractivity (Wildman–Crippen MR) is 95.6 cm³/mol. The highest BCUT2D eigenvalue weighted by atomic mass is 32.1. The number of halogens is 1. The van der Waals surface area contributed by atoms with Crippen LogP contribution in [0.4, 0.5) is 4.39 Å². The first kappa shape index (κ1) is 18.2. The first-order chi connectivity index (χ1) is 12.5. The van der Waals surface area contributed by atoms with Crippen LogP contribution in [0.3, 0.4) is 0 Å². The molecule has 5 nitrogen and oxygen atoms in total. The molecule has 1 aromatic heterocycles. The molecule has 3 rings (SSSR count). The van der Waals surface area contributed by atoms with Crippen molar-refractivity contribution in [1.29, 1.82) is 0 Å². The van der Waals surface area contributed by atoms with Crippen molar-refractivity contribution < 1.29 is 23.5 Å². The van der Waals surface area contributed by atoms with Crippen molar-refractivity contribution in [2.45, 2.75) is 19.6 Å². The highest BCUT2D eigenvalue weighted by Crippen LogP contribution is 2.21. The highest BCUT2D eigenvalue weighted by molar-refractivity contribution is 7.18. The van der Waals surface area contributed by atoms with Crippen molar-refractivity contribution >= 4 is 33.3 Å². The average molecular weight is 373 g/mol. The summed E-state index contributed by atoms with van der Waals surface area (Å²) in [5.41, 5.74) is 1.17. The summed E-state index contributed by atoms with van der Waals surface area (Å²) in [5, 5.41) is 0.759. The molecule has 0 aliphatic rings. The van der Waals surface area contributed by atoms with Gasteiger partial charge in [-0.25, -0.2) is 14.2 Å². The number of ketones is 1. The minimum absolute atomic E-state index is 0.189. The predicted octanol–water partition coefficient (Wildman–Crippen LogP) is 3.77. The fourth-order valence-corrected chi connectivity index (χ4v) is 3.24. The van der Waals surface area contributed by atoms with Crippen LogP contribution in [0.1, 0.15) is 22.3 Å². The molecule has 0 bridgehead atoms. The quantitative estimate of drug-likeness (QED) is 0.466. The first-order valence-corrected chi connectivity index (χ1v) is 8.76. The van der Waals surface area contributed by atoms with Crippen LogP contribution in [0.15, 0.2) is 48.5 Å². The highest BCUT2D eigenvalue weighted by Gasteiger charge is 2.19. The van der Waals surface area contributed by atoms with E-state index >= 15 is 0 Å². The number of benzene rings is 2. The van der Waals surface area contributed by atoms with Crippen molar-refractivity contribution in [3.05, 3.63) is 64.9 Å². The van der Waals surface area contributed by atoms with E-state index in [1.807, 2.05) is 24.3 Å². The number of thiazole rings is 1. The van der Waals surface area contributed by atoms with E-state index < -0.39 is 23.7 Å². The molecule has 134 valence electrons. The van der Waals surface area contributed by atoms with Crippen LogP contribution in [0.5, 0.6) is 0 Å². The van der Waals surface area contributed by atoms with E-state index in [1.54, 1.807) is 0 Å². The third kappa shape index (κ3) is 4.50. The van der Waals surface area contributed by atoms with Crippen LogP contribution in [-0.4, -0.2) is 29.4 Å². The fraction of sp³-hybridized carbons (Fsp3) is 0.211. The number of aromatic nitrogens is 1.